The van der Waals surface area contributed by atoms with Crippen LogP contribution in [0.3, 0.4) is 0 Å². The largest absolute Gasteiger partial charge is 0.352 e. The van der Waals surface area contributed by atoms with Crippen molar-refractivity contribution in [2.75, 3.05) is 6.54 Å². The van der Waals surface area contributed by atoms with E-state index in [4.69, 9.17) is 0 Å². The number of carbonyl (C=O) groups excluding carboxylic acids is 1. The van der Waals surface area contributed by atoms with E-state index in [1.54, 1.807) is 10.9 Å². The highest BCUT2D eigenvalue weighted by molar-refractivity contribution is 5.94. The van der Waals surface area contributed by atoms with E-state index >= 15 is 0 Å². The standard InChI is InChI=1S/C20H19N5O/c26-20(16-7-9-17(10-8-16)25-14-4-12-23-25)21-11-3-13-24-15-22-18-5-1-2-6-19(18)24/h1-2,4-10,12,14-15H,3,11,13H2,(H,21,26). The molecule has 0 spiro atoms. The van der Waals surface area contributed by atoms with Crippen molar-refractivity contribution >= 4 is 16.9 Å². The van der Waals surface area contributed by atoms with E-state index in [1.165, 1.54) is 0 Å². The highest BCUT2D eigenvalue weighted by atomic mass is 16.1. The third kappa shape index (κ3) is 3.35. The number of nitrogens with one attached hydrogen (secondary N) is 1. The van der Waals surface area contributed by atoms with Crippen molar-refractivity contribution in [1.29, 1.82) is 0 Å². The average Bonchev–Trinajstić information content (AvgIpc) is 3.35. The SMILES string of the molecule is O=C(NCCCn1cnc2ccccc21)c1ccc(-n2cccn2)cc1. The van der Waals surface area contributed by atoms with E-state index in [-0.39, 0.29) is 5.91 Å². The molecule has 1 N–H and O–H groups in total. The Balaban J connectivity index is 1.30. The topological polar surface area (TPSA) is 64.7 Å². The number of aromatic nitrogens is 4. The summed E-state index contributed by atoms with van der Waals surface area (Å²) in [6.07, 6.45) is 6.29. The predicted octanol–water partition coefficient (Wildman–Crippen LogP) is 3.04. The van der Waals surface area contributed by atoms with Crippen LogP contribution >= 0.6 is 0 Å². The first-order valence-corrected chi connectivity index (χ1v) is 8.59. The Morgan fingerprint density at radius 1 is 1.04 bits per heavy atom. The first-order valence-electron chi connectivity index (χ1n) is 8.59. The van der Waals surface area contributed by atoms with Gasteiger partial charge in [-0.05, 0) is 48.9 Å². The lowest BCUT2D eigenvalue weighted by molar-refractivity contribution is 0.0953. The summed E-state index contributed by atoms with van der Waals surface area (Å²) >= 11 is 0. The lowest BCUT2D eigenvalue weighted by atomic mass is 10.2. The number of fused-ring (bicyclic) bond motifs is 1. The summed E-state index contributed by atoms with van der Waals surface area (Å²) in [5.74, 6) is -0.0625. The second kappa shape index (κ2) is 7.23. The fourth-order valence-corrected chi connectivity index (χ4v) is 2.93. The van der Waals surface area contributed by atoms with Crippen molar-refractivity contribution in [3.05, 3.63) is 78.9 Å². The molecule has 130 valence electrons. The maximum absolute atomic E-state index is 12.3. The monoisotopic (exact) mass is 345 g/mol. The van der Waals surface area contributed by atoms with E-state index in [0.29, 0.717) is 12.1 Å². The van der Waals surface area contributed by atoms with Crippen LogP contribution in [0.5, 0.6) is 0 Å². The number of aryl methyl sites for hydroxylation is 1. The number of imidazole rings is 1. The highest BCUT2D eigenvalue weighted by Crippen LogP contribution is 2.12. The molecule has 0 bridgehead atoms. The quantitative estimate of drug-likeness (QED) is 0.546. The number of hydrogen-bond acceptors (Lipinski definition) is 3. The van der Waals surface area contributed by atoms with Crippen LogP contribution in [0.15, 0.2) is 73.3 Å². The number of para-hydroxylation sites is 2. The Morgan fingerprint density at radius 2 is 1.88 bits per heavy atom. The molecule has 2 aromatic carbocycles. The number of rotatable bonds is 6. The van der Waals surface area contributed by atoms with Gasteiger partial charge in [0.05, 0.1) is 23.0 Å². The summed E-state index contributed by atoms with van der Waals surface area (Å²) in [5, 5.41) is 7.14. The van der Waals surface area contributed by atoms with Crippen molar-refractivity contribution in [2.45, 2.75) is 13.0 Å². The minimum Gasteiger partial charge on any atom is -0.352 e. The molecule has 0 atom stereocenters. The lowest BCUT2D eigenvalue weighted by Crippen LogP contribution is -2.25. The smallest absolute Gasteiger partial charge is 0.251 e. The summed E-state index contributed by atoms with van der Waals surface area (Å²) in [5.41, 5.74) is 3.69. The molecule has 6 heteroatoms. The van der Waals surface area contributed by atoms with Crippen molar-refractivity contribution in [2.24, 2.45) is 0 Å². The van der Waals surface area contributed by atoms with Gasteiger partial charge in [0.2, 0.25) is 0 Å². The van der Waals surface area contributed by atoms with Crippen LogP contribution in [0.4, 0.5) is 0 Å². The number of carbonyl (C=O) groups is 1. The summed E-state index contributed by atoms with van der Waals surface area (Å²) in [4.78, 5) is 16.6. The third-order valence-corrected chi connectivity index (χ3v) is 4.29. The summed E-state index contributed by atoms with van der Waals surface area (Å²) in [7, 11) is 0. The Kier molecular flexibility index (Phi) is 4.47. The molecule has 0 aliphatic carbocycles. The van der Waals surface area contributed by atoms with Gasteiger partial charge in [-0.1, -0.05) is 12.1 Å². The molecule has 0 saturated heterocycles. The molecule has 0 fully saturated rings. The summed E-state index contributed by atoms with van der Waals surface area (Å²) < 4.78 is 3.87. The highest BCUT2D eigenvalue weighted by Gasteiger charge is 2.06. The van der Waals surface area contributed by atoms with Crippen LogP contribution < -0.4 is 5.32 Å². The van der Waals surface area contributed by atoms with Crippen LogP contribution in [0, 0.1) is 0 Å². The molecule has 4 rings (SSSR count). The van der Waals surface area contributed by atoms with Crippen LogP contribution in [0.1, 0.15) is 16.8 Å². The molecule has 0 radical (unpaired) electrons. The second-order valence-electron chi connectivity index (χ2n) is 6.03. The molecule has 2 heterocycles. The lowest BCUT2D eigenvalue weighted by Gasteiger charge is -2.08. The van der Waals surface area contributed by atoms with Gasteiger partial charge in [0.25, 0.3) is 5.91 Å². The number of nitrogens with zero attached hydrogens (tertiary/aromatic N) is 4. The van der Waals surface area contributed by atoms with Crippen molar-refractivity contribution < 1.29 is 4.79 Å². The van der Waals surface area contributed by atoms with Crippen molar-refractivity contribution in [3.63, 3.8) is 0 Å². The van der Waals surface area contributed by atoms with Gasteiger partial charge < -0.3 is 9.88 Å². The van der Waals surface area contributed by atoms with Crippen LogP contribution in [0.2, 0.25) is 0 Å². The number of hydrogen-bond donors (Lipinski definition) is 1. The average molecular weight is 345 g/mol. The zero-order valence-corrected chi connectivity index (χ0v) is 14.2. The van der Waals surface area contributed by atoms with Crippen LogP contribution in [-0.2, 0) is 6.54 Å². The van der Waals surface area contributed by atoms with Gasteiger partial charge in [-0.3, -0.25) is 4.79 Å². The predicted molar refractivity (Wildman–Crippen MR) is 100 cm³/mol. The van der Waals surface area contributed by atoms with E-state index in [9.17, 15) is 4.79 Å². The first kappa shape index (κ1) is 16.1. The molecule has 4 aromatic rings. The molecule has 0 saturated carbocycles. The molecular formula is C20H19N5O. The molecule has 0 unspecified atom stereocenters. The Morgan fingerprint density at radius 3 is 2.69 bits per heavy atom. The Labute approximate surface area is 151 Å². The molecule has 6 nitrogen and oxygen atoms in total. The Hall–Kier alpha value is -3.41. The van der Waals surface area contributed by atoms with E-state index < -0.39 is 0 Å². The van der Waals surface area contributed by atoms with Crippen LogP contribution in [0.25, 0.3) is 16.7 Å². The first-order chi connectivity index (χ1) is 12.8. The Bertz CT molecular complexity index is 1000. The van der Waals surface area contributed by atoms with Gasteiger partial charge in [-0.15, -0.1) is 0 Å². The van der Waals surface area contributed by atoms with Crippen molar-refractivity contribution in [3.8, 4) is 5.69 Å². The summed E-state index contributed by atoms with van der Waals surface area (Å²) in [6.45, 7) is 1.44. The van der Waals surface area contributed by atoms with Crippen molar-refractivity contribution in [1.82, 2.24) is 24.6 Å². The van der Waals surface area contributed by atoms with E-state index in [0.717, 1.165) is 29.7 Å². The van der Waals surface area contributed by atoms with E-state index in [2.05, 4.69) is 26.0 Å². The van der Waals surface area contributed by atoms with Gasteiger partial charge in [-0.2, -0.15) is 5.10 Å². The zero-order valence-electron chi connectivity index (χ0n) is 14.2. The van der Waals surface area contributed by atoms with Crippen LogP contribution in [-0.4, -0.2) is 31.8 Å². The maximum atomic E-state index is 12.3. The van der Waals surface area contributed by atoms with Gasteiger partial charge in [0, 0.05) is 31.0 Å². The van der Waals surface area contributed by atoms with Gasteiger partial charge in [-0.25, -0.2) is 9.67 Å². The fourth-order valence-electron chi connectivity index (χ4n) is 2.93. The van der Waals surface area contributed by atoms with Gasteiger partial charge in [0.1, 0.15) is 0 Å². The molecular weight excluding hydrogens is 326 g/mol. The normalized spacial score (nSPS) is 10.9. The van der Waals surface area contributed by atoms with Gasteiger partial charge in [0.15, 0.2) is 0 Å². The second-order valence-corrected chi connectivity index (χ2v) is 6.03. The fraction of sp³-hybridized carbons (Fsp3) is 0.150. The molecule has 0 aliphatic heterocycles. The number of benzene rings is 2. The molecule has 0 aliphatic rings. The minimum atomic E-state index is -0.0625. The van der Waals surface area contributed by atoms with Gasteiger partial charge >= 0.3 is 0 Å². The number of amides is 1. The molecule has 26 heavy (non-hydrogen) atoms. The minimum absolute atomic E-state index is 0.0625. The van der Waals surface area contributed by atoms with E-state index in [1.807, 2.05) is 61.1 Å². The zero-order chi connectivity index (χ0) is 17.8. The molecule has 1 amide bonds. The third-order valence-electron chi connectivity index (χ3n) is 4.29. The maximum Gasteiger partial charge on any atom is 0.251 e. The molecule has 2 aromatic heterocycles. The summed E-state index contributed by atoms with van der Waals surface area (Å²) in [6, 6.07) is 17.3.